The van der Waals surface area contributed by atoms with Crippen molar-refractivity contribution in [1.82, 2.24) is 4.57 Å². The first kappa shape index (κ1) is 10.8. The molecule has 0 bridgehead atoms. The number of aryl methyl sites for hydroxylation is 1. The first-order valence-electron chi connectivity index (χ1n) is 6.68. The summed E-state index contributed by atoms with van der Waals surface area (Å²) in [7, 11) is 0. The molecule has 0 radical (unpaired) electrons. The van der Waals surface area contributed by atoms with Gasteiger partial charge in [0.15, 0.2) is 0 Å². The van der Waals surface area contributed by atoms with Crippen molar-refractivity contribution in [3.63, 3.8) is 0 Å². The minimum atomic E-state index is 0.742. The second kappa shape index (κ2) is 4.53. The Morgan fingerprint density at radius 1 is 1.24 bits per heavy atom. The highest BCUT2D eigenvalue weighted by Crippen LogP contribution is 2.36. The Balaban J connectivity index is 2.03. The third-order valence-corrected chi connectivity index (χ3v) is 3.94. The van der Waals surface area contributed by atoms with Crippen LogP contribution in [0.25, 0.3) is 10.9 Å². The topological polar surface area (TPSA) is 30.9 Å². The molecule has 1 fully saturated rings. The Labute approximate surface area is 102 Å². The smallest absolute Gasteiger partial charge is 0.0485 e. The maximum absolute atomic E-state index is 5.62. The summed E-state index contributed by atoms with van der Waals surface area (Å²) in [5, 5.41) is 1.42. The number of rotatable bonds is 4. The third kappa shape index (κ3) is 1.87. The van der Waals surface area contributed by atoms with Crippen molar-refractivity contribution >= 4 is 10.9 Å². The molecule has 3 rings (SSSR count). The molecular weight excluding hydrogens is 208 g/mol. The Morgan fingerprint density at radius 3 is 2.76 bits per heavy atom. The molecule has 2 heteroatoms. The molecule has 1 heterocycles. The highest BCUT2D eigenvalue weighted by molar-refractivity contribution is 5.84. The minimum absolute atomic E-state index is 0.742. The largest absolute Gasteiger partial charge is 0.344 e. The first-order chi connectivity index (χ1) is 8.40. The third-order valence-electron chi connectivity index (χ3n) is 3.94. The Morgan fingerprint density at radius 2 is 2.06 bits per heavy atom. The molecule has 1 aliphatic rings. The van der Waals surface area contributed by atoms with Crippen molar-refractivity contribution in [2.24, 2.45) is 5.73 Å². The van der Waals surface area contributed by atoms with Crippen molar-refractivity contribution in [3.05, 3.63) is 36.0 Å². The van der Waals surface area contributed by atoms with Crippen molar-refractivity contribution < 1.29 is 0 Å². The first-order valence-corrected chi connectivity index (χ1v) is 6.68. The van der Waals surface area contributed by atoms with Gasteiger partial charge in [-0.3, -0.25) is 0 Å². The van der Waals surface area contributed by atoms with Crippen LogP contribution in [0.15, 0.2) is 30.5 Å². The van der Waals surface area contributed by atoms with Gasteiger partial charge in [0.1, 0.15) is 0 Å². The number of nitrogens with two attached hydrogens (primary N) is 1. The number of hydrogen-bond donors (Lipinski definition) is 1. The van der Waals surface area contributed by atoms with Crippen LogP contribution >= 0.6 is 0 Å². The van der Waals surface area contributed by atoms with Crippen LogP contribution in [0.1, 0.15) is 37.3 Å². The Kier molecular flexibility index (Phi) is 2.89. The van der Waals surface area contributed by atoms with E-state index in [2.05, 4.69) is 35.0 Å². The zero-order valence-electron chi connectivity index (χ0n) is 10.2. The molecule has 2 N–H and O–H groups in total. The molecule has 2 aromatic rings. The maximum atomic E-state index is 5.62. The van der Waals surface area contributed by atoms with E-state index in [1.807, 2.05) is 0 Å². The lowest BCUT2D eigenvalue weighted by molar-refractivity contribution is 0.321. The molecule has 1 saturated carbocycles. The molecule has 1 aromatic heterocycles. The van der Waals surface area contributed by atoms with Crippen LogP contribution in [-0.4, -0.2) is 11.1 Å². The average molecular weight is 228 g/mol. The highest BCUT2D eigenvalue weighted by atomic mass is 15.0. The molecule has 90 valence electrons. The number of para-hydroxylation sites is 1. The fourth-order valence-electron chi connectivity index (χ4n) is 2.74. The van der Waals surface area contributed by atoms with Gasteiger partial charge in [-0.1, -0.05) is 18.2 Å². The van der Waals surface area contributed by atoms with Gasteiger partial charge in [-0.2, -0.15) is 0 Å². The summed E-state index contributed by atoms with van der Waals surface area (Å²) in [6, 6.07) is 9.52. The molecule has 17 heavy (non-hydrogen) atoms. The number of fused-ring (bicyclic) bond motifs is 1. The van der Waals surface area contributed by atoms with E-state index in [1.165, 1.54) is 35.7 Å². The van der Waals surface area contributed by atoms with Crippen molar-refractivity contribution in [1.29, 1.82) is 0 Å². The van der Waals surface area contributed by atoms with Gasteiger partial charge in [0, 0.05) is 23.1 Å². The zero-order chi connectivity index (χ0) is 11.7. The van der Waals surface area contributed by atoms with Gasteiger partial charge in [0.05, 0.1) is 0 Å². The van der Waals surface area contributed by atoms with Gasteiger partial charge in [0.2, 0.25) is 0 Å². The molecule has 0 unspecified atom stereocenters. The highest BCUT2D eigenvalue weighted by Gasteiger charge is 2.21. The number of benzene rings is 1. The van der Waals surface area contributed by atoms with E-state index in [0.29, 0.717) is 0 Å². The predicted molar refractivity (Wildman–Crippen MR) is 72.2 cm³/mol. The average Bonchev–Trinajstić information content (AvgIpc) is 2.64. The quantitative estimate of drug-likeness (QED) is 0.855. The SMILES string of the molecule is NCCCc1cn(C2CCC2)c2ccccc12. The maximum Gasteiger partial charge on any atom is 0.0485 e. The lowest BCUT2D eigenvalue weighted by Crippen LogP contribution is -2.15. The summed E-state index contributed by atoms with van der Waals surface area (Å²) in [6.07, 6.45) is 8.62. The summed E-state index contributed by atoms with van der Waals surface area (Å²) in [6.45, 7) is 0.781. The van der Waals surface area contributed by atoms with E-state index in [0.717, 1.165) is 25.4 Å². The molecule has 2 nitrogen and oxygen atoms in total. The van der Waals surface area contributed by atoms with Crippen molar-refractivity contribution in [2.45, 2.75) is 38.1 Å². The van der Waals surface area contributed by atoms with Crippen LogP contribution in [0.4, 0.5) is 0 Å². The van der Waals surface area contributed by atoms with Gasteiger partial charge in [0.25, 0.3) is 0 Å². The van der Waals surface area contributed by atoms with Gasteiger partial charge in [-0.05, 0) is 50.3 Å². The lowest BCUT2D eigenvalue weighted by Gasteiger charge is -2.28. The van der Waals surface area contributed by atoms with Gasteiger partial charge in [-0.15, -0.1) is 0 Å². The monoisotopic (exact) mass is 228 g/mol. The van der Waals surface area contributed by atoms with Crippen LogP contribution in [0, 0.1) is 0 Å². The summed E-state index contributed by atoms with van der Waals surface area (Å²) >= 11 is 0. The van der Waals surface area contributed by atoms with E-state index in [4.69, 9.17) is 5.73 Å². The summed E-state index contributed by atoms with van der Waals surface area (Å²) in [5.41, 5.74) is 8.49. The van der Waals surface area contributed by atoms with Crippen LogP contribution < -0.4 is 5.73 Å². The van der Waals surface area contributed by atoms with Crippen LogP contribution in [-0.2, 0) is 6.42 Å². The standard InChI is InChI=1S/C15H20N2/c16-10-4-5-12-11-17(13-6-3-7-13)15-9-2-1-8-14(12)15/h1-2,8-9,11,13H,3-7,10,16H2. The summed E-state index contributed by atoms with van der Waals surface area (Å²) < 4.78 is 2.49. The van der Waals surface area contributed by atoms with Gasteiger partial charge in [-0.25, -0.2) is 0 Å². The van der Waals surface area contributed by atoms with Crippen LogP contribution in [0.2, 0.25) is 0 Å². The van der Waals surface area contributed by atoms with E-state index in [-0.39, 0.29) is 0 Å². The molecule has 0 aliphatic heterocycles. The van der Waals surface area contributed by atoms with Crippen molar-refractivity contribution in [3.8, 4) is 0 Å². The van der Waals surface area contributed by atoms with Gasteiger partial charge < -0.3 is 10.3 Å². The number of nitrogens with zero attached hydrogens (tertiary/aromatic N) is 1. The normalized spacial score (nSPS) is 16.3. The van der Waals surface area contributed by atoms with Crippen LogP contribution in [0.3, 0.4) is 0 Å². The zero-order valence-corrected chi connectivity index (χ0v) is 10.2. The fourth-order valence-corrected chi connectivity index (χ4v) is 2.74. The molecule has 0 spiro atoms. The predicted octanol–water partition coefficient (Wildman–Crippen LogP) is 3.26. The Bertz CT molecular complexity index is 509. The molecule has 1 aromatic carbocycles. The van der Waals surface area contributed by atoms with E-state index < -0.39 is 0 Å². The van der Waals surface area contributed by atoms with Gasteiger partial charge >= 0.3 is 0 Å². The molecular formula is C15H20N2. The number of hydrogen-bond acceptors (Lipinski definition) is 1. The summed E-state index contributed by atoms with van der Waals surface area (Å²) in [5.74, 6) is 0. The minimum Gasteiger partial charge on any atom is -0.344 e. The molecule has 1 aliphatic carbocycles. The Hall–Kier alpha value is -1.28. The lowest BCUT2D eigenvalue weighted by atomic mass is 9.93. The second-order valence-electron chi connectivity index (χ2n) is 5.06. The fraction of sp³-hybridized carbons (Fsp3) is 0.467. The van der Waals surface area contributed by atoms with E-state index in [1.54, 1.807) is 0 Å². The number of aromatic nitrogens is 1. The van der Waals surface area contributed by atoms with E-state index in [9.17, 15) is 0 Å². The van der Waals surface area contributed by atoms with Crippen LogP contribution in [0.5, 0.6) is 0 Å². The second-order valence-corrected chi connectivity index (χ2v) is 5.06. The molecule has 0 saturated heterocycles. The summed E-state index contributed by atoms with van der Waals surface area (Å²) in [4.78, 5) is 0. The van der Waals surface area contributed by atoms with Crippen molar-refractivity contribution in [2.75, 3.05) is 6.54 Å². The molecule has 0 amide bonds. The van der Waals surface area contributed by atoms with E-state index >= 15 is 0 Å². The molecule has 0 atom stereocenters.